The minimum atomic E-state index is -0.890. The highest BCUT2D eigenvalue weighted by molar-refractivity contribution is 5.95. The maximum atomic E-state index is 12.9. The first-order valence-corrected chi connectivity index (χ1v) is 14.6. The van der Waals surface area contributed by atoms with Gasteiger partial charge in [-0.2, -0.15) is 0 Å². The van der Waals surface area contributed by atoms with Crippen molar-refractivity contribution < 1.29 is 34.1 Å². The lowest BCUT2D eigenvalue weighted by molar-refractivity contribution is -0.156. The molecule has 1 heterocycles. The Bertz CT molecular complexity index is 1260. The van der Waals surface area contributed by atoms with Crippen molar-refractivity contribution in [2.75, 3.05) is 12.4 Å². The lowest BCUT2D eigenvalue weighted by Gasteiger charge is -2.29. The second-order valence-corrected chi connectivity index (χ2v) is 10.8. The molecule has 0 fully saturated rings. The van der Waals surface area contributed by atoms with Gasteiger partial charge in [0.05, 0.1) is 18.6 Å². The Hall–Kier alpha value is -3.95. The van der Waals surface area contributed by atoms with Crippen LogP contribution in [0.25, 0.3) is 0 Å². The average Bonchev–Trinajstić information content (AvgIpc) is 2.96. The number of phenols is 1. The number of anilines is 1. The summed E-state index contributed by atoms with van der Waals surface area (Å²) in [5.74, 6) is -1.60. The van der Waals surface area contributed by atoms with Gasteiger partial charge in [0, 0.05) is 36.8 Å². The number of aliphatic hydroxyl groups is 1. The predicted octanol–water partition coefficient (Wildman–Crippen LogP) is 5.07. The maximum absolute atomic E-state index is 12.9. The summed E-state index contributed by atoms with van der Waals surface area (Å²) in [6, 6.07) is 4.07. The second kappa shape index (κ2) is 17.9. The molecule has 9 nitrogen and oxygen atoms in total. The van der Waals surface area contributed by atoms with Crippen molar-refractivity contribution in [1.82, 2.24) is 5.32 Å². The van der Waals surface area contributed by atoms with Crippen LogP contribution < -0.4 is 10.6 Å². The molecule has 9 heteroatoms. The normalized spacial score (nSPS) is 26.8. The minimum absolute atomic E-state index is 0.0392. The smallest absolute Gasteiger partial charge is 0.328 e. The Morgan fingerprint density at radius 1 is 1.16 bits per heavy atom. The summed E-state index contributed by atoms with van der Waals surface area (Å²) in [6.45, 7) is 8.62. The van der Waals surface area contributed by atoms with Crippen LogP contribution in [0.5, 0.6) is 5.75 Å². The molecule has 43 heavy (non-hydrogen) atoms. The zero-order chi connectivity index (χ0) is 31.9. The van der Waals surface area contributed by atoms with Gasteiger partial charge in [0.25, 0.3) is 0 Å². The Labute approximate surface area is 255 Å². The Balaban J connectivity index is 2.32. The molecule has 4 N–H and O–H groups in total. The topological polar surface area (TPSA) is 134 Å². The number of carbonyl (C=O) groups is 3. The van der Waals surface area contributed by atoms with Crippen LogP contribution in [0.15, 0.2) is 78.0 Å². The van der Waals surface area contributed by atoms with Crippen LogP contribution in [-0.2, 0) is 30.3 Å². The van der Waals surface area contributed by atoms with Gasteiger partial charge in [-0.25, -0.2) is 4.79 Å². The molecule has 0 aliphatic carbocycles. The number of hydrogen-bond donors (Lipinski definition) is 4. The van der Waals surface area contributed by atoms with Crippen LogP contribution in [0.4, 0.5) is 5.69 Å². The summed E-state index contributed by atoms with van der Waals surface area (Å²) in [5, 5.41) is 26.9. The third kappa shape index (κ3) is 12.1. The van der Waals surface area contributed by atoms with Crippen LogP contribution in [0.2, 0.25) is 0 Å². The number of aliphatic hydroxyl groups excluding tert-OH is 1. The Morgan fingerprint density at radius 2 is 1.88 bits per heavy atom. The average molecular weight is 595 g/mol. The van der Waals surface area contributed by atoms with E-state index >= 15 is 0 Å². The third-order valence-electron chi connectivity index (χ3n) is 7.32. The molecule has 0 aromatic heterocycles. The van der Waals surface area contributed by atoms with E-state index in [0.717, 1.165) is 11.1 Å². The lowest BCUT2D eigenvalue weighted by atomic mass is 9.90. The number of esters is 1. The largest absolute Gasteiger partial charge is 0.508 e. The van der Waals surface area contributed by atoms with Crippen LogP contribution in [0.3, 0.4) is 0 Å². The molecule has 1 aromatic carbocycles. The van der Waals surface area contributed by atoms with Crippen molar-refractivity contribution >= 4 is 23.5 Å². The van der Waals surface area contributed by atoms with Gasteiger partial charge in [-0.15, -0.1) is 0 Å². The van der Waals surface area contributed by atoms with Crippen LogP contribution in [0, 0.1) is 5.92 Å². The van der Waals surface area contributed by atoms with Gasteiger partial charge < -0.3 is 30.3 Å². The van der Waals surface area contributed by atoms with E-state index in [4.69, 9.17) is 9.47 Å². The standard InChI is InChI=1S/C34H46N2O7/c1-7-22(2)33(40)35-25(5)34(41)43-30-17-12-10-8-9-11-16-29(42-6)21-31(38)36-27-18-26(19-28(37)20-27)15-13-14-23(3)32(39)24(30)4/h7-12,14,16,18-20,24-25,29-30,32,37,39H,13,15,17,21H2,1-6H3,(H,35,40)(H,36,38)/b9-8+,12-10+,16-11-,22-7+,23-14+/t24?,25-,29?,30?,32?/m1/s1. The molecule has 1 aliphatic rings. The minimum Gasteiger partial charge on any atom is -0.508 e. The molecular weight excluding hydrogens is 548 g/mol. The second-order valence-electron chi connectivity index (χ2n) is 10.8. The Morgan fingerprint density at radius 3 is 2.58 bits per heavy atom. The molecule has 2 rings (SSSR count). The summed E-state index contributed by atoms with van der Waals surface area (Å²) < 4.78 is 11.2. The van der Waals surface area contributed by atoms with Gasteiger partial charge in [0.1, 0.15) is 17.9 Å². The van der Waals surface area contributed by atoms with E-state index in [1.165, 1.54) is 13.2 Å². The number of rotatable bonds is 5. The van der Waals surface area contributed by atoms with Crippen molar-refractivity contribution in [1.29, 1.82) is 0 Å². The SMILES string of the molecule is C/C=C(\C)C(=O)N[C@H](C)C(=O)OC1C/C=C/C=C/C=C\C(OC)CC(=O)Nc2cc(O)cc(c2)CC/C=C(\C)C(O)C1C. The van der Waals surface area contributed by atoms with E-state index in [-0.39, 0.29) is 24.0 Å². The van der Waals surface area contributed by atoms with Crippen LogP contribution in [0.1, 0.15) is 59.4 Å². The quantitative estimate of drug-likeness (QED) is 0.213. The third-order valence-corrected chi connectivity index (χ3v) is 7.32. The molecule has 0 spiro atoms. The first kappa shape index (κ1) is 35.2. The molecule has 2 bridgehead atoms. The van der Waals surface area contributed by atoms with E-state index < -0.39 is 36.2 Å². The first-order valence-electron chi connectivity index (χ1n) is 14.6. The maximum Gasteiger partial charge on any atom is 0.328 e. The highest BCUT2D eigenvalue weighted by Gasteiger charge is 2.30. The number of fused-ring (bicyclic) bond motifs is 2. The van der Waals surface area contributed by atoms with E-state index in [2.05, 4.69) is 10.6 Å². The summed E-state index contributed by atoms with van der Waals surface area (Å²) in [6.07, 6.45) is 13.9. The highest BCUT2D eigenvalue weighted by atomic mass is 16.5. The zero-order valence-electron chi connectivity index (χ0n) is 26.0. The van der Waals surface area contributed by atoms with Gasteiger partial charge in [-0.05, 0) is 63.8 Å². The van der Waals surface area contributed by atoms with Crippen molar-refractivity contribution in [2.24, 2.45) is 5.92 Å². The molecule has 1 aliphatic heterocycles. The van der Waals surface area contributed by atoms with E-state index in [9.17, 15) is 24.6 Å². The fraction of sp³-hybridized carbons (Fsp3) is 0.441. The zero-order valence-corrected chi connectivity index (χ0v) is 26.0. The molecule has 0 saturated heterocycles. The molecule has 5 atom stereocenters. The molecular formula is C34H46N2O7. The van der Waals surface area contributed by atoms with Crippen molar-refractivity contribution in [2.45, 2.75) is 84.7 Å². The summed E-state index contributed by atoms with van der Waals surface area (Å²) in [5.41, 5.74) is 2.52. The molecule has 4 unspecified atom stereocenters. The van der Waals surface area contributed by atoms with Crippen molar-refractivity contribution in [3.8, 4) is 5.75 Å². The number of phenolic OH excluding ortho intramolecular Hbond substituents is 1. The van der Waals surface area contributed by atoms with E-state index in [1.807, 2.05) is 38.1 Å². The number of hydrogen-bond acceptors (Lipinski definition) is 7. The number of carbonyl (C=O) groups excluding carboxylic acids is 3. The van der Waals surface area contributed by atoms with E-state index in [0.29, 0.717) is 30.5 Å². The summed E-state index contributed by atoms with van der Waals surface area (Å²) in [7, 11) is 1.53. The number of amides is 2. The van der Waals surface area contributed by atoms with Gasteiger partial charge in [-0.3, -0.25) is 9.59 Å². The number of aryl methyl sites for hydroxylation is 1. The van der Waals surface area contributed by atoms with Crippen molar-refractivity contribution in [3.05, 3.63) is 83.5 Å². The van der Waals surface area contributed by atoms with Crippen LogP contribution in [-0.4, -0.2) is 59.5 Å². The van der Waals surface area contributed by atoms with Crippen LogP contribution >= 0.6 is 0 Å². The van der Waals surface area contributed by atoms with Gasteiger partial charge >= 0.3 is 5.97 Å². The number of nitrogens with one attached hydrogen (secondary N) is 2. The van der Waals surface area contributed by atoms with Gasteiger partial charge in [-0.1, -0.05) is 55.5 Å². The number of allylic oxidation sites excluding steroid dienone is 6. The first-order chi connectivity index (χ1) is 20.4. The molecule has 0 saturated carbocycles. The highest BCUT2D eigenvalue weighted by Crippen LogP contribution is 2.24. The van der Waals surface area contributed by atoms with Gasteiger partial charge in [0.2, 0.25) is 11.8 Å². The molecule has 234 valence electrons. The van der Waals surface area contributed by atoms with E-state index in [1.54, 1.807) is 57.2 Å². The number of methoxy groups -OCH3 is 1. The molecule has 0 radical (unpaired) electrons. The fourth-order valence-electron chi connectivity index (χ4n) is 4.45. The number of ether oxygens (including phenoxy) is 2. The van der Waals surface area contributed by atoms with Crippen molar-refractivity contribution in [3.63, 3.8) is 0 Å². The number of aromatic hydroxyl groups is 1. The predicted molar refractivity (Wildman–Crippen MR) is 168 cm³/mol. The monoisotopic (exact) mass is 594 g/mol. The summed E-state index contributed by atoms with van der Waals surface area (Å²) >= 11 is 0. The summed E-state index contributed by atoms with van der Waals surface area (Å²) in [4.78, 5) is 37.8. The Kier molecular flexibility index (Phi) is 14.7. The molecule has 2 amide bonds. The fourth-order valence-corrected chi connectivity index (χ4v) is 4.45. The van der Waals surface area contributed by atoms with Gasteiger partial charge in [0.15, 0.2) is 0 Å². The number of benzene rings is 1. The lowest BCUT2D eigenvalue weighted by Crippen LogP contribution is -2.43. The molecule has 1 aromatic rings.